The number of hydrogen-bond acceptors (Lipinski definition) is 5. The van der Waals surface area contributed by atoms with E-state index in [9.17, 15) is 4.79 Å². The largest absolute Gasteiger partial charge is 0.486 e. The van der Waals surface area contributed by atoms with Gasteiger partial charge in [-0.3, -0.25) is 4.79 Å². The maximum atomic E-state index is 12.3. The number of rotatable bonds is 6. The van der Waals surface area contributed by atoms with Crippen molar-refractivity contribution in [2.45, 2.75) is 20.1 Å². The molecular weight excluding hydrogens is 386 g/mol. The minimum absolute atomic E-state index is 0.187. The summed E-state index contributed by atoms with van der Waals surface area (Å²) in [7, 11) is 0. The maximum absolute atomic E-state index is 12.3. The van der Waals surface area contributed by atoms with Gasteiger partial charge in [0.15, 0.2) is 5.82 Å². The molecule has 0 aliphatic carbocycles. The van der Waals surface area contributed by atoms with Crippen molar-refractivity contribution in [1.29, 1.82) is 0 Å². The zero-order valence-electron chi connectivity index (χ0n) is 13.5. The zero-order chi connectivity index (χ0) is 17.6. The van der Waals surface area contributed by atoms with Crippen LogP contribution in [-0.4, -0.2) is 26.1 Å². The summed E-state index contributed by atoms with van der Waals surface area (Å²) < 4.78 is 8.16. The molecule has 1 aromatic heterocycles. The van der Waals surface area contributed by atoms with Crippen molar-refractivity contribution in [3.63, 3.8) is 0 Å². The zero-order valence-corrected chi connectivity index (χ0v) is 15.1. The second-order valence-corrected chi connectivity index (χ2v) is 6.01. The molecule has 0 bridgehead atoms. The number of carbonyl (C=O) groups is 1. The molecule has 0 saturated heterocycles. The summed E-state index contributed by atoms with van der Waals surface area (Å²) in [6.45, 7) is 2.90. The van der Waals surface area contributed by atoms with Gasteiger partial charge in [0, 0.05) is 16.6 Å². The fourth-order valence-electron chi connectivity index (χ4n) is 2.18. The van der Waals surface area contributed by atoms with Crippen LogP contribution in [0, 0.1) is 0 Å². The summed E-state index contributed by atoms with van der Waals surface area (Å²) >= 11 is 3.41. The van der Waals surface area contributed by atoms with Crippen LogP contribution in [-0.2, 0) is 13.2 Å². The van der Waals surface area contributed by atoms with Crippen molar-refractivity contribution < 1.29 is 9.53 Å². The van der Waals surface area contributed by atoms with E-state index in [-0.39, 0.29) is 12.5 Å². The van der Waals surface area contributed by atoms with E-state index in [0.717, 1.165) is 10.2 Å². The van der Waals surface area contributed by atoms with Crippen LogP contribution in [0.15, 0.2) is 53.0 Å². The molecule has 25 heavy (non-hydrogen) atoms. The third-order valence-corrected chi connectivity index (χ3v) is 4.20. The summed E-state index contributed by atoms with van der Waals surface area (Å²) in [6, 6.07) is 14.4. The summed E-state index contributed by atoms with van der Waals surface area (Å²) in [5.74, 6) is 1.11. The highest BCUT2D eigenvalue weighted by molar-refractivity contribution is 9.10. The fraction of sp³-hybridized carbons (Fsp3) is 0.176. The molecule has 0 atom stereocenters. The molecule has 0 saturated carbocycles. The van der Waals surface area contributed by atoms with Crippen molar-refractivity contribution in [1.82, 2.24) is 20.2 Å². The molecule has 1 heterocycles. The van der Waals surface area contributed by atoms with Gasteiger partial charge < -0.3 is 10.1 Å². The number of aryl methyl sites for hydroxylation is 1. The molecule has 128 valence electrons. The first-order chi connectivity index (χ1) is 12.2. The van der Waals surface area contributed by atoms with E-state index in [2.05, 4.69) is 36.8 Å². The van der Waals surface area contributed by atoms with E-state index in [4.69, 9.17) is 4.74 Å². The average Bonchev–Trinajstić information content (AvgIpc) is 3.10. The lowest BCUT2D eigenvalue weighted by Crippen LogP contribution is -2.12. The topological polar surface area (TPSA) is 81.9 Å². The predicted octanol–water partition coefficient (Wildman–Crippen LogP) is 3.29. The Balaban J connectivity index is 1.62. The first-order valence-corrected chi connectivity index (χ1v) is 8.50. The third-order valence-electron chi connectivity index (χ3n) is 3.51. The van der Waals surface area contributed by atoms with Gasteiger partial charge in [-0.05, 0) is 69.7 Å². The number of hydrogen-bond donors (Lipinski definition) is 1. The van der Waals surface area contributed by atoms with Gasteiger partial charge in [-0.2, -0.15) is 0 Å². The normalized spacial score (nSPS) is 10.5. The highest BCUT2D eigenvalue weighted by Crippen LogP contribution is 2.22. The number of nitrogens with zero attached hydrogens (tertiary/aromatic N) is 4. The van der Waals surface area contributed by atoms with Crippen molar-refractivity contribution in [2.75, 3.05) is 5.32 Å². The quantitative estimate of drug-likeness (QED) is 0.684. The van der Waals surface area contributed by atoms with Gasteiger partial charge in [0.2, 0.25) is 0 Å². The van der Waals surface area contributed by atoms with Crippen molar-refractivity contribution in [3.8, 4) is 5.75 Å². The van der Waals surface area contributed by atoms with Crippen LogP contribution in [0.1, 0.15) is 23.1 Å². The molecule has 1 N–H and O–H groups in total. The first kappa shape index (κ1) is 17.1. The van der Waals surface area contributed by atoms with E-state index in [0.29, 0.717) is 23.7 Å². The number of tetrazole rings is 1. The fourth-order valence-corrected chi connectivity index (χ4v) is 2.56. The number of aromatic nitrogens is 4. The lowest BCUT2D eigenvalue weighted by molar-refractivity contribution is 0.102. The molecule has 1 amide bonds. The van der Waals surface area contributed by atoms with Gasteiger partial charge in [0.05, 0.1) is 5.69 Å². The van der Waals surface area contributed by atoms with E-state index in [1.54, 1.807) is 28.9 Å². The predicted molar refractivity (Wildman–Crippen MR) is 96.4 cm³/mol. The Bertz CT molecular complexity index is 863. The summed E-state index contributed by atoms with van der Waals surface area (Å²) in [4.78, 5) is 12.3. The monoisotopic (exact) mass is 401 g/mol. The number of para-hydroxylation sites is 1. The Morgan fingerprint density at radius 1 is 1.20 bits per heavy atom. The Labute approximate surface area is 153 Å². The molecule has 7 nitrogen and oxygen atoms in total. The smallest absolute Gasteiger partial charge is 0.255 e. The van der Waals surface area contributed by atoms with Crippen LogP contribution in [0.5, 0.6) is 5.75 Å². The molecular formula is C17H16BrN5O2. The van der Waals surface area contributed by atoms with Crippen LogP contribution in [0.25, 0.3) is 0 Å². The number of nitrogens with one attached hydrogen (secondary N) is 1. The number of carbonyl (C=O) groups excluding carboxylic acids is 1. The second kappa shape index (κ2) is 7.89. The Morgan fingerprint density at radius 3 is 2.68 bits per heavy atom. The Morgan fingerprint density at radius 2 is 1.96 bits per heavy atom. The second-order valence-electron chi connectivity index (χ2n) is 5.16. The lowest BCUT2D eigenvalue weighted by atomic mass is 10.2. The van der Waals surface area contributed by atoms with Gasteiger partial charge in [-0.1, -0.05) is 12.1 Å². The average molecular weight is 402 g/mol. The van der Waals surface area contributed by atoms with Crippen molar-refractivity contribution >= 4 is 27.5 Å². The van der Waals surface area contributed by atoms with E-state index in [1.165, 1.54) is 0 Å². The van der Waals surface area contributed by atoms with Crippen molar-refractivity contribution in [2.24, 2.45) is 0 Å². The number of halogens is 1. The molecule has 0 unspecified atom stereocenters. The minimum Gasteiger partial charge on any atom is -0.486 e. The number of benzene rings is 2. The number of anilines is 1. The molecule has 0 fully saturated rings. The molecule has 2 aromatic carbocycles. The first-order valence-electron chi connectivity index (χ1n) is 7.71. The van der Waals surface area contributed by atoms with E-state index < -0.39 is 0 Å². The van der Waals surface area contributed by atoms with Gasteiger partial charge in [0.25, 0.3) is 5.91 Å². The van der Waals surface area contributed by atoms with E-state index in [1.807, 2.05) is 31.2 Å². The SMILES string of the molecule is CCn1nnnc1COc1ccc(C(=O)Nc2ccccc2Br)cc1. The molecule has 3 aromatic rings. The van der Waals surface area contributed by atoms with Crippen LogP contribution in [0.3, 0.4) is 0 Å². The molecule has 3 rings (SSSR count). The summed E-state index contributed by atoms with van der Waals surface area (Å²) in [6.07, 6.45) is 0. The van der Waals surface area contributed by atoms with E-state index >= 15 is 0 Å². The van der Waals surface area contributed by atoms with Crippen molar-refractivity contribution in [3.05, 3.63) is 64.4 Å². The molecule has 0 radical (unpaired) electrons. The van der Waals surface area contributed by atoms with Gasteiger partial charge in [0.1, 0.15) is 12.4 Å². The third kappa shape index (κ3) is 4.21. The standard InChI is InChI=1S/C17H16BrN5O2/c1-2-23-16(20-21-22-23)11-25-13-9-7-12(8-10-13)17(24)19-15-6-4-3-5-14(15)18/h3-10H,2,11H2,1H3,(H,19,24). The van der Waals surface area contributed by atoms with Gasteiger partial charge in [-0.25, -0.2) is 4.68 Å². The van der Waals surface area contributed by atoms with Crippen LogP contribution >= 0.6 is 15.9 Å². The highest BCUT2D eigenvalue weighted by Gasteiger charge is 2.09. The van der Waals surface area contributed by atoms with Crippen LogP contribution < -0.4 is 10.1 Å². The maximum Gasteiger partial charge on any atom is 0.255 e. The summed E-state index contributed by atoms with van der Waals surface area (Å²) in [5, 5.41) is 14.2. The Kier molecular flexibility index (Phi) is 5.39. The number of ether oxygens (including phenoxy) is 1. The number of amides is 1. The molecule has 0 aliphatic rings. The lowest BCUT2D eigenvalue weighted by Gasteiger charge is -2.09. The molecule has 0 spiro atoms. The molecule has 8 heteroatoms. The van der Waals surface area contributed by atoms with Gasteiger partial charge >= 0.3 is 0 Å². The van der Waals surface area contributed by atoms with Gasteiger partial charge in [-0.15, -0.1) is 5.10 Å². The molecule has 0 aliphatic heterocycles. The van der Waals surface area contributed by atoms with Crippen LogP contribution in [0.4, 0.5) is 5.69 Å². The van der Waals surface area contributed by atoms with Crippen LogP contribution in [0.2, 0.25) is 0 Å². The minimum atomic E-state index is -0.187. The Hall–Kier alpha value is -2.74. The summed E-state index contributed by atoms with van der Waals surface area (Å²) in [5.41, 5.74) is 1.26. The highest BCUT2D eigenvalue weighted by atomic mass is 79.9.